The molecule has 0 spiro atoms. The maximum Gasteiger partial charge on any atom is 0.270 e. The van der Waals surface area contributed by atoms with E-state index in [2.05, 4.69) is 0 Å². The van der Waals surface area contributed by atoms with Gasteiger partial charge >= 0.3 is 0 Å². The number of anilines is 1. The lowest BCUT2D eigenvalue weighted by molar-refractivity contribution is 0.597. The molecule has 0 amide bonds. The molecule has 0 bridgehead atoms. The Morgan fingerprint density at radius 3 is 2.19 bits per heavy atom. The molecule has 1 aliphatic heterocycles. The number of hydrogen-bond acceptors (Lipinski definition) is 4. The van der Waals surface area contributed by atoms with Crippen LogP contribution in [0.1, 0.15) is 0 Å². The Morgan fingerprint density at radius 2 is 1.50 bits per heavy atom. The second-order valence-corrected chi connectivity index (χ2v) is 11.7. The van der Waals surface area contributed by atoms with Crippen LogP contribution in [0.3, 0.4) is 0 Å². The van der Waals surface area contributed by atoms with Crippen LogP contribution >= 0.6 is 18.0 Å². The maximum atomic E-state index is 13.5. The van der Waals surface area contributed by atoms with Crippen LogP contribution < -0.4 is 13.9 Å². The standard InChI is InChI=1S/C18H13ClNO3PS2/c19-14-10-12-16(13-11-14)26(21,22)20-17-8-4-5-9-18(17)23-24(20,25)15-6-2-1-3-7-15/h1-13H. The minimum Gasteiger partial charge on any atom is -0.442 e. The summed E-state index contributed by atoms with van der Waals surface area (Å²) >= 11 is 11.8. The Kier molecular flexibility index (Phi) is 4.32. The maximum absolute atomic E-state index is 13.5. The van der Waals surface area contributed by atoms with Crippen molar-refractivity contribution in [2.75, 3.05) is 4.08 Å². The van der Waals surface area contributed by atoms with Crippen LogP contribution in [0.15, 0.2) is 83.8 Å². The zero-order valence-electron chi connectivity index (χ0n) is 13.3. The van der Waals surface area contributed by atoms with Crippen molar-refractivity contribution in [2.45, 2.75) is 4.90 Å². The van der Waals surface area contributed by atoms with Crippen LogP contribution in [0.5, 0.6) is 5.75 Å². The molecule has 132 valence electrons. The van der Waals surface area contributed by atoms with E-state index >= 15 is 0 Å². The van der Waals surface area contributed by atoms with Crippen molar-refractivity contribution in [3.05, 3.63) is 83.9 Å². The van der Waals surface area contributed by atoms with E-state index in [1.807, 2.05) is 18.2 Å². The average Bonchev–Trinajstić information content (AvgIpc) is 2.96. The van der Waals surface area contributed by atoms with Crippen LogP contribution in [0.4, 0.5) is 5.69 Å². The summed E-state index contributed by atoms with van der Waals surface area (Å²) in [6.45, 7) is 0. The summed E-state index contributed by atoms with van der Waals surface area (Å²) in [7, 11) is -3.93. The fourth-order valence-corrected chi connectivity index (χ4v) is 9.24. The number of rotatable bonds is 3. The molecule has 0 fully saturated rings. The molecular formula is C18H13ClNO3PS2. The van der Waals surface area contributed by atoms with Gasteiger partial charge in [0.1, 0.15) is 5.69 Å². The van der Waals surface area contributed by atoms with E-state index in [1.54, 1.807) is 48.5 Å². The molecule has 4 rings (SSSR count). The van der Waals surface area contributed by atoms with Gasteiger partial charge < -0.3 is 4.52 Å². The molecule has 0 saturated heterocycles. The molecule has 1 aliphatic rings. The molecule has 8 heteroatoms. The Labute approximate surface area is 162 Å². The van der Waals surface area contributed by atoms with Crippen molar-refractivity contribution >= 4 is 50.8 Å². The van der Waals surface area contributed by atoms with Crippen molar-refractivity contribution < 1.29 is 12.9 Å². The van der Waals surface area contributed by atoms with Gasteiger partial charge in [0.15, 0.2) is 5.75 Å². The van der Waals surface area contributed by atoms with E-state index in [1.165, 1.54) is 16.2 Å². The van der Waals surface area contributed by atoms with Gasteiger partial charge in [0.25, 0.3) is 10.0 Å². The van der Waals surface area contributed by atoms with Crippen molar-refractivity contribution in [1.82, 2.24) is 0 Å². The lowest BCUT2D eigenvalue weighted by Crippen LogP contribution is -2.30. The molecule has 0 N–H and O–H groups in total. The van der Waals surface area contributed by atoms with E-state index in [4.69, 9.17) is 27.9 Å². The van der Waals surface area contributed by atoms with Gasteiger partial charge in [0, 0.05) is 10.3 Å². The van der Waals surface area contributed by atoms with Gasteiger partial charge in [-0.3, -0.25) is 0 Å². The van der Waals surface area contributed by atoms with Crippen LogP contribution in [0.2, 0.25) is 5.02 Å². The minimum absolute atomic E-state index is 0.118. The highest BCUT2D eigenvalue weighted by molar-refractivity contribution is 8.22. The van der Waals surface area contributed by atoms with Crippen molar-refractivity contribution in [1.29, 1.82) is 0 Å². The zero-order valence-corrected chi connectivity index (χ0v) is 16.6. The highest BCUT2D eigenvalue weighted by atomic mass is 35.5. The Balaban J connectivity index is 1.95. The summed E-state index contributed by atoms with van der Waals surface area (Å²) in [5, 5.41) is 1.13. The predicted molar refractivity (Wildman–Crippen MR) is 109 cm³/mol. The number of hydrogen-bond donors (Lipinski definition) is 0. The second-order valence-electron chi connectivity index (χ2n) is 5.62. The van der Waals surface area contributed by atoms with E-state index in [0.717, 1.165) is 0 Å². The Morgan fingerprint density at radius 1 is 0.885 bits per heavy atom. The minimum atomic E-state index is -3.93. The third-order valence-corrected chi connectivity index (χ3v) is 10.8. The largest absolute Gasteiger partial charge is 0.442 e. The normalized spacial score (nSPS) is 19.0. The van der Waals surface area contributed by atoms with Crippen molar-refractivity contribution in [2.24, 2.45) is 0 Å². The molecule has 1 unspecified atom stereocenters. The number of fused-ring (bicyclic) bond motifs is 1. The third kappa shape index (κ3) is 2.74. The molecule has 0 saturated carbocycles. The number of nitrogens with zero attached hydrogens (tertiary/aromatic N) is 1. The fourth-order valence-electron chi connectivity index (χ4n) is 2.76. The molecule has 26 heavy (non-hydrogen) atoms. The molecular weight excluding hydrogens is 409 g/mol. The lowest BCUT2D eigenvalue weighted by atomic mass is 10.3. The molecule has 1 atom stereocenters. The number of benzene rings is 3. The van der Waals surface area contributed by atoms with E-state index in [9.17, 15) is 8.42 Å². The highest BCUT2D eigenvalue weighted by Gasteiger charge is 2.46. The van der Waals surface area contributed by atoms with Crippen molar-refractivity contribution in [3.63, 3.8) is 0 Å². The smallest absolute Gasteiger partial charge is 0.270 e. The van der Waals surface area contributed by atoms with Gasteiger partial charge in [-0.1, -0.05) is 41.9 Å². The number of halogens is 1. The average molecular weight is 422 g/mol. The van der Waals surface area contributed by atoms with Crippen LogP contribution in [0, 0.1) is 0 Å². The molecule has 1 heterocycles. The summed E-state index contributed by atoms with van der Waals surface area (Å²) in [5.41, 5.74) is 0.453. The SMILES string of the molecule is O=S(=O)(c1ccc(Cl)cc1)N1c2ccccc2OP1(=S)c1ccccc1. The van der Waals surface area contributed by atoms with Crippen LogP contribution in [0.25, 0.3) is 0 Å². The van der Waals surface area contributed by atoms with Gasteiger partial charge in [0.2, 0.25) is 6.42 Å². The Hall–Kier alpha value is -1.85. The van der Waals surface area contributed by atoms with Gasteiger partial charge in [-0.15, -0.1) is 0 Å². The highest BCUT2D eigenvalue weighted by Crippen LogP contribution is 2.63. The molecule has 3 aromatic rings. The predicted octanol–water partition coefficient (Wildman–Crippen LogP) is 4.56. The quantitative estimate of drug-likeness (QED) is 0.581. The van der Waals surface area contributed by atoms with Crippen LogP contribution in [-0.4, -0.2) is 8.42 Å². The van der Waals surface area contributed by atoms with E-state index in [-0.39, 0.29) is 4.90 Å². The summed E-state index contributed by atoms with van der Waals surface area (Å²) in [5.74, 6) is 0.470. The summed E-state index contributed by atoms with van der Waals surface area (Å²) in [6.07, 6.45) is -3.07. The van der Waals surface area contributed by atoms with Crippen molar-refractivity contribution in [3.8, 4) is 5.75 Å². The first-order valence-corrected chi connectivity index (χ1v) is 12.2. The van der Waals surface area contributed by atoms with Gasteiger partial charge in [0.05, 0.1) is 4.90 Å². The van der Waals surface area contributed by atoms with Gasteiger partial charge in [-0.2, -0.15) is 4.08 Å². The summed E-state index contributed by atoms with van der Waals surface area (Å²) in [6, 6.07) is 22.1. The zero-order chi connectivity index (χ0) is 18.4. The first kappa shape index (κ1) is 17.6. The summed E-state index contributed by atoms with van der Waals surface area (Å²) in [4.78, 5) is 0.118. The topological polar surface area (TPSA) is 46.6 Å². The lowest BCUT2D eigenvalue weighted by Gasteiger charge is -2.27. The number of para-hydroxylation sites is 2. The van der Waals surface area contributed by atoms with E-state index < -0.39 is 16.4 Å². The fraction of sp³-hybridized carbons (Fsp3) is 0. The molecule has 4 nitrogen and oxygen atoms in total. The molecule has 3 aromatic carbocycles. The first-order valence-electron chi connectivity index (χ1n) is 7.68. The first-order chi connectivity index (χ1) is 12.4. The van der Waals surface area contributed by atoms with E-state index in [0.29, 0.717) is 21.8 Å². The third-order valence-electron chi connectivity index (χ3n) is 3.95. The van der Waals surface area contributed by atoms with Gasteiger partial charge in [-0.25, -0.2) is 8.42 Å². The second kappa shape index (κ2) is 6.39. The Bertz CT molecular complexity index is 1120. The molecule has 0 aromatic heterocycles. The molecule has 0 radical (unpaired) electrons. The number of sulfonamides is 1. The van der Waals surface area contributed by atoms with Crippen LogP contribution in [-0.2, 0) is 21.8 Å². The molecule has 0 aliphatic carbocycles. The monoisotopic (exact) mass is 421 g/mol. The summed E-state index contributed by atoms with van der Waals surface area (Å²) < 4.78 is 34.3. The van der Waals surface area contributed by atoms with Gasteiger partial charge in [-0.05, 0) is 60.3 Å².